The van der Waals surface area contributed by atoms with Gasteiger partial charge in [0.15, 0.2) is 10.1 Å². The molecule has 14 heteroatoms. The van der Waals surface area contributed by atoms with Gasteiger partial charge in [-0.1, -0.05) is 12.1 Å². The molecule has 186 valence electrons. The maximum absolute atomic E-state index is 12.9. The van der Waals surface area contributed by atoms with E-state index in [1.165, 1.54) is 36.3 Å². The van der Waals surface area contributed by atoms with E-state index in [1.54, 1.807) is 18.5 Å². The first-order valence-corrected chi connectivity index (χ1v) is 10.8. The zero-order valence-corrected chi connectivity index (χ0v) is 21.3. The number of aromatic nitrogens is 6. The van der Waals surface area contributed by atoms with Crippen molar-refractivity contribution in [1.82, 2.24) is 29.5 Å². The van der Waals surface area contributed by atoms with Crippen molar-refractivity contribution >= 4 is 46.4 Å². The molecule has 0 radical (unpaired) electrons. The van der Waals surface area contributed by atoms with Gasteiger partial charge in [-0.25, -0.2) is 19.1 Å². The number of fused-ring (bicyclic) bond motifs is 1. The van der Waals surface area contributed by atoms with E-state index in [0.717, 1.165) is 12.1 Å². The molecule has 3 aromatic heterocycles. The Morgan fingerprint density at radius 1 is 1.20 bits per heavy atom. The van der Waals surface area contributed by atoms with Gasteiger partial charge in [-0.3, -0.25) is 0 Å². The van der Waals surface area contributed by atoms with E-state index < -0.39 is 23.8 Å². The lowest BCUT2D eigenvalue weighted by molar-refractivity contribution is -0.137. The van der Waals surface area contributed by atoms with Gasteiger partial charge in [0.1, 0.15) is 5.52 Å². The zero-order chi connectivity index (χ0) is 24.6. The molecular formula is C21H20BrF3N6O3S. The maximum Gasteiger partial charge on any atom is 0.416 e. The maximum atomic E-state index is 12.9. The van der Waals surface area contributed by atoms with E-state index in [9.17, 15) is 18.0 Å². The van der Waals surface area contributed by atoms with Crippen molar-refractivity contribution < 1.29 is 27.4 Å². The average molecular weight is 573 g/mol. The molecule has 0 saturated carbocycles. The molecule has 1 atom stereocenters. The second-order valence-corrected chi connectivity index (χ2v) is 7.91. The smallest absolute Gasteiger partial charge is 0.416 e. The standard InChI is InChI=1S/C21H18BrF3N6O3.H2S/c1-4-34-19(32)13-9-26-30(10-13)20-27-15-16(18(28-20)33-3)31(29-17(15)22)11(2)12-5-7-14(8-6-12)21(23,24)25;/h5-11H,4H2,1-3H3;1H2/t11-;/m0./s1. The Bertz CT molecular complexity index is 1360. The van der Waals surface area contributed by atoms with Crippen molar-refractivity contribution in [2.75, 3.05) is 13.7 Å². The molecule has 35 heavy (non-hydrogen) atoms. The Morgan fingerprint density at radius 3 is 2.49 bits per heavy atom. The highest BCUT2D eigenvalue weighted by Gasteiger charge is 2.30. The molecule has 0 amide bonds. The molecule has 0 fully saturated rings. The van der Waals surface area contributed by atoms with Crippen LogP contribution in [0.3, 0.4) is 0 Å². The third kappa shape index (κ3) is 5.12. The summed E-state index contributed by atoms with van der Waals surface area (Å²) in [6, 6.07) is 4.39. The van der Waals surface area contributed by atoms with Crippen LogP contribution in [0.4, 0.5) is 13.2 Å². The van der Waals surface area contributed by atoms with Crippen LogP contribution in [0.2, 0.25) is 0 Å². The molecule has 3 heterocycles. The largest absolute Gasteiger partial charge is 0.479 e. The molecule has 0 N–H and O–H groups in total. The average Bonchev–Trinajstić information content (AvgIpc) is 3.43. The Hall–Kier alpha value is -3.13. The molecule has 0 aliphatic heterocycles. The number of benzene rings is 1. The number of esters is 1. The quantitative estimate of drug-likeness (QED) is 0.309. The second kappa shape index (κ2) is 10.2. The van der Waals surface area contributed by atoms with Crippen molar-refractivity contribution in [3.63, 3.8) is 0 Å². The fourth-order valence-electron chi connectivity index (χ4n) is 3.33. The fourth-order valence-corrected chi connectivity index (χ4v) is 3.78. The lowest BCUT2D eigenvalue weighted by Crippen LogP contribution is -2.11. The summed E-state index contributed by atoms with van der Waals surface area (Å²) in [5, 5.41) is 8.58. The fraction of sp³-hybridized carbons (Fsp3) is 0.286. The van der Waals surface area contributed by atoms with Crippen LogP contribution in [-0.2, 0) is 10.9 Å². The Labute approximate surface area is 212 Å². The number of carbonyl (C=O) groups excluding carboxylic acids is 1. The van der Waals surface area contributed by atoms with Gasteiger partial charge in [-0.2, -0.15) is 41.8 Å². The summed E-state index contributed by atoms with van der Waals surface area (Å²) >= 11 is 3.39. The van der Waals surface area contributed by atoms with Gasteiger partial charge in [0.2, 0.25) is 5.88 Å². The number of hydrogen-bond donors (Lipinski definition) is 0. The Kier molecular flexibility index (Phi) is 7.74. The number of ether oxygens (including phenoxy) is 2. The molecule has 0 aliphatic rings. The van der Waals surface area contributed by atoms with Gasteiger partial charge in [0.25, 0.3) is 5.95 Å². The van der Waals surface area contributed by atoms with E-state index in [0.29, 0.717) is 21.2 Å². The SMILES string of the molecule is CCOC(=O)c1cnn(-c2nc(OC)c3c(n2)c(Br)nn3[C@@H](C)c2ccc(C(F)(F)F)cc2)c1.S. The van der Waals surface area contributed by atoms with Crippen LogP contribution < -0.4 is 4.74 Å². The highest BCUT2D eigenvalue weighted by molar-refractivity contribution is 9.10. The number of halogens is 4. The Morgan fingerprint density at radius 2 is 1.89 bits per heavy atom. The summed E-state index contributed by atoms with van der Waals surface area (Å²) in [6.07, 6.45) is -1.65. The monoisotopic (exact) mass is 572 g/mol. The first-order valence-electron chi connectivity index (χ1n) is 10.0. The molecule has 0 unspecified atom stereocenters. The summed E-state index contributed by atoms with van der Waals surface area (Å²) in [4.78, 5) is 20.8. The highest BCUT2D eigenvalue weighted by atomic mass is 79.9. The van der Waals surface area contributed by atoms with Crippen molar-refractivity contribution in [1.29, 1.82) is 0 Å². The minimum absolute atomic E-state index is 0. The summed E-state index contributed by atoms with van der Waals surface area (Å²) in [5.74, 6) is -0.228. The second-order valence-electron chi connectivity index (χ2n) is 7.16. The number of hydrogen-bond acceptors (Lipinski definition) is 7. The minimum atomic E-state index is -4.42. The van der Waals surface area contributed by atoms with Gasteiger partial charge in [-0.05, 0) is 47.5 Å². The normalized spacial score (nSPS) is 12.3. The van der Waals surface area contributed by atoms with Crippen LogP contribution in [-0.4, -0.2) is 49.2 Å². The zero-order valence-electron chi connectivity index (χ0n) is 18.7. The predicted octanol–water partition coefficient (Wildman–Crippen LogP) is 4.70. The van der Waals surface area contributed by atoms with E-state index in [-0.39, 0.29) is 37.5 Å². The van der Waals surface area contributed by atoms with Gasteiger partial charge in [0, 0.05) is 6.20 Å². The molecule has 0 spiro atoms. The van der Waals surface area contributed by atoms with Crippen molar-refractivity contribution in [2.24, 2.45) is 0 Å². The van der Waals surface area contributed by atoms with E-state index >= 15 is 0 Å². The van der Waals surface area contributed by atoms with E-state index in [2.05, 4.69) is 36.1 Å². The first-order chi connectivity index (χ1) is 16.1. The lowest BCUT2D eigenvalue weighted by atomic mass is 10.1. The van der Waals surface area contributed by atoms with Crippen molar-refractivity contribution in [2.45, 2.75) is 26.1 Å². The molecule has 0 aliphatic carbocycles. The Balaban J connectivity index is 0.00000342. The summed E-state index contributed by atoms with van der Waals surface area (Å²) in [7, 11) is 1.42. The van der Waals surface area contributed by atoms with Crippen LogP contribution in [0, 0.1) is 0 Å². The first kappa shape index (κ1) is 26.5. The number of alkyl halides is 3. The third-order valence-electron chi connectivity index (χ3n) is 5.04. The van der Waals surface area contributed by atoms with Crippen LogP contribution >= 0.6 is 29.4 Å². The van der Waals surface area contributed by atoms with Crippen molar-refractivity contribution in [3.05, 3.63) is 58.0 Å². The topological polar surface area (TPSA) is 96.9 Å². The number of rotatable bonds is 6. The van der Waals surface area contributed by atoms with Gasteiger partial charge in [-0.15, -0.1) is 0 Å². The van der Waals surface area contributed by atoms with E-state index in [4.69, 9.17) is 9.47 Å². The van der Waals surface area contributed by atoms with Crippen LogP contribution in [0.25, 0.3) is 17.0 Å². The molecular weight excluding hydrogens is 553 g/mol. The summed E-state index contributed by atoms with van der Waals surface area (Å²) in [6.45, 7) is 3.71. The van der Waals surface area contributed by atoms with Gasteiger partial charge >= 0.3 is 12.1 Å². The number of carbonyl (C=O) groups is 1. The molecule has 4 rings (SSSR count). The molecule has 9 nitrogen and oxygen atoms in total. The summed E-state index contributed by atoms with van der Waals surface area (Å²) in [5.41, 5.74) is 0.927. The van der Waals surface area contributed by atoms with Gasteiger partial charge < -0.3 is 9.47 Å². The number of nitrogens with zero attached hydrogens (tertiary/aromatic N) is 6. The van der Waals surface area contributed by atoms with Crippen molar-refractivity contribution in [3.8, 4) is 11.8 Å². The van der Waals surface area contributed by atoms with E-state index in [1.807, 2.05) is 0 Å². The number of methoxy groups -OCH3 is 1. The third-order valence-corrected chi connectivity index (χ3v) is 5.57. The van der Waals surface area contributed by atoms with Gasteiger partial charge in [0.05, 0.1) is 37.1 Å². The van der Waals surface area contributed by atoms with Crippen LogP contribution in [0.5, 0.6) is 5.88 Å². The highest BCUT2D eigenvalue weighted by Crippen LogP contribution is 2.34. The lowest BCUT2D eigenvalue weighted by Gasteiger charge is -2.16. The molecule has 0 bridgehead atoms. The summed E-state index contributed by atoms with van der Waals surface area (Å²) < 4.78 is 52.5. The minimum Gasteiger partial charge on any atom is -0.479 e. The van der Waals surface area contributed by atoms with Crippen LogP contribution in [0.1, 0.15) is 41.4 Å². The van der Waals surface area contributed by atoms with Crippen LogP contribution in [0.15, 0.2) is 41.3 Å². The molecule has 1 aromatic carbocycles. The predicted molar refractivity (Wildman–Crippen MR) is 128 cm³/mol. The molecule has 4 aromatic rings. The molecule has 0 saturated heterocycles.